The molecule has 6 rings (SSSR count). The second-order valence-corrected chi connectivity index (χ2v) is 12.9. The van der Waals surface area contributed by atoms with Gasteiger partial charge in [-0.3, -0.25) is 4.79 Å². The Morgan fingerprint density at radius 3 is 2.83 bits per heavy atom. The van der Waals surface area contributed by atoms with Gasteiger partial charge in [0.2, 0.25) is 5.88 Å². The number of hydrogen-bond donors (Lipinski definition) is 0. The Morgan fingerprint density at radius 1 is 1.17 bits per heavy atom. The Kier molecular flexibility index (Phi) is 8.59. The standard InChI is InChI=1S/C32H39FN6O2S/c1-22(33)32(40)39-16-15-38(20-24(39)10-12-34)31-26-11-14-37(28-8-3-9-29-27(28)7-5-17-42-29)19-23(26)18-30(35-31)41-21-25-6-4-13-36(25)2/h3,8-9,18,24-25H,1,4-7,10-11,13-17,19-21H2,2H3/t24-,25-/m0/s1. The van der Waals surface area contributed by atoms with Gasteiger partial charge in [0, 0.05) is 61.0 Å². The molecule has 0 N–H and O–H groups in total. The molecule has 0 aliphatic carbocycles. The summed E-state index contributed by atoms with van der Waals surface area (Å²) in [5.41, 5.74) is 5.18. The van der Waals surface area contributed by atoms with E-state index >= 15 is 0 Å². The van der Waals surface area contributed by atoms with Gasteiger partial charge in [-0.05, 0) is 74.7 Å². The summed E-state index contributed by atoms with van der Waals surface area (Å²) in [6.45, 7) is 7.75. The Hall–Kier alpha value is -3.29. The van der Waals surface area contributed by atoms with Crippen LogP contribution in [-0.2, 0) is 24.2 Å². The van der Waals surface area contributed by atoms with Gasteiger partial charge in [0.1, 0.15) is 12.4 Å². The lowest BCUT2D eigenvalue weighted by Gasteiger charge is -2.42. The number of aromatic nitrogens is 1. The van der Waals surface area contributed by atoms with Crippen LogP contribution in [0.25, 0.3) is 0 Å². The van der Waals surface area contributed by atoms with E-state index < -0.39 is 17.8 Å². The van der Waals surface area contributed by atoms with Crippen molar-refractivity contribution in [2.45, 2.75) is 62.0 Å². The van der Waals surface area contributed by atoms with Gasteiger partial charge in [-0.1, -0.05) is 12.6 Å². The van der Waals surface area contributed by atoms with Gasteiger partial charge in [-0.2, -0.15) is 10.2 Å². The number of nitriles is 1. The highest BCUT2D eigenvalue weighted by Crippen LogP contribution is 2.39. The number of rotatable bonds is 7. The summed E-state index contributed by atoms with van der Waals surface area (Å²) in [6.07, 6.45) is 5.56. The van der Waals surface area contributed by atoms with E-state index in [-0.39, 0.29) is 6.42 Å². The number of benzene rings is 1. The molecule has 1 amide bonds. The number of carbonyl (C=O) groups excluding carboxylic acids is 1. The number of likely N-dealkylation sites (N-methyl/N-ethyl adjacent to an activating group) is 1. The number of anilines is 2. The normalized spacial score (nSPS) is 22.4. The van der Waals surface area contributed by atoms with Crippen LogP contribution in [0.4, 0.5) is 15.9 Å². The molecule has 5 heterocycles. The third-order valence-electron chi connectivity index (χ3n) is 9.14. The SMILES string of the molecule is C=C(F)C(=O)N1CCN(c2nc(OC[C@@H]3CCCN3C)cc3c2CCN(c2cccc4c2CCCS4)C3)C[C@@H]1CC#N. The summed E-state index contributed by atoms with van der Waals surface area (Å²) >= 11 is 1.96. The first kappa shape index (κ1) is 28.8. The number of halogens is 1. The second kappa shape index (κ2) is 12.5. The summed E-state index contributed by atoms with van der Waals surface area (Å²) in [5.74, 6) is 0.931. The van der Waals surface area contributed by atoms with E-state index in [9.17, 15) is 14.4 Å². The molecule has 10 heteroatoms. The zero-order chi connectivity index (χ0) is 29.2. The van der Waals surface area contributed by atoms with Crippen LogP contribution in [-0.4, -0.2) is 84.9 Å². The molecular weight excluding hydrogens is 551 g/mol. The van der Waals surface area contributed by atoms with Crippen LogP contribution in [0.1, 0.15) is 42.4 Å². The van der Waals surface area contributed by atoms with Gasteiger partial charge < -0.3 is 24.3 Å². The van der Waals surface area contributed by atoms with E-state index in [1.54, 1.807) is 0 Å². The van der Waals surface area contributed by atoms with Gasteiger partial charge in [-0.15, -0.1) is 11.8 Å². The Labute approximate surface area is 252 Å². The van der Waals surface area contributed by atoms with Crippen LogP contribution in [0.2, 0.25) is 0 Å². The molecule has 4 aliphatic rings. The predicted molar refractivity (Wildman–Crippen MR) is 164 cm³/mol. The van der Waals surface area contributed by atoms with E-state index in [1.807, 2.05) is 11.8 Å². The van der Waals surface area contributed by atoms with Gasteiger partial charge in [0.25, 0.3) is 5.91 Å². The fourth-order valence-electron chi connectivity index (χ4n) is 6.86. The average molecular weight is 591 g/mol. The molecule has 0 unspecified atom stereocenters. The van der Waals surface area contributed by atoms with E-state index in [2.05, 4.69) is 58.7 Å². The minimum Gasteiger partial charge on any atom is -0.476 e. The lowest BCUT2D eigenvalue weighted by molar-refractivity contribution is -0.131. The molecule has 4 aliphatic heterocycles. The summed E-state index contributed by atoms with van der Waals surface area (Å²) in [5, 5.41) is 9.50. The van der Waals surface area contributed by atoms with Gasteiger partial charge >= 0.3 is 0 Å². The molecule has 2 aromatic rings. The first-order valence-corrected chi connectivity index (χ1v) is 16.0. The molecule has 2 fully saturated rings. The number of amides is 1. The zero-order valence-corrected chi connectivity index (χ0v) is 25.2. The topological polar surface area (TPSA) is 75.9 Å². The van der Waals surface area contributed by atoms with E-state index in [4.69, 9.17) is 9.72 Å². The number of hydrogen-bond acceptors (Lipinski definition) is 8. The molecule has 1 aromatic heterocycles. The average Bonchev–Trinajstić information content (AvgIpc) is 3.43. The van der Waals surface area contributed by atoms with Crippen molar-refractivity contribution in [3.8, 4) is 11.9 Å². The third kappa shape index (κ3) is 5.82. The van der Waals surface area contributed by atoms with Crippen LogP contribution >= 0.6 is 11.8 Å². The summed E-state index contributed by atoms with van der Waals surface area (Å²) < 4.78 is 20.2. The molecule has 2 saturated heterocycles. The van der Waals surface area contributed by atoms with Crippen molar-refractivity contribution in [1.82, 2.24) is 14.8 Å². The summed E-state index contributed by atoms with van der Waals surface area (Å²) in [7, 11) is 2.14. The monoisotopic (exact) mass is 590 g/mol. The van der Waals surface area contributed by atoms with Crippen molar-refractivity contribution in [2.75, 3.05) is 61.9 Å². The second-order valence-electron chi connectivity index (χ2n) is 11.8. The van der Waals surface area contributed by atoms with Gasteiger partial charge in [0.15, 0.2) is 5.83 Å². The molecular formula is C32H39FN6O2S. The largest absolute Gasteiger partial charge is 0.476 e. The van der Waals surface area contributed by atoms with Gasteiger partial charge in [-0.25, -0.2) is 4.39 Å². The minimum atomic E-state index is -0.990. The highest BCUT2D eigenvalue weighted by molar-refractivity contribution is 7.99. The van der Waals surface area contributed by atoms with E-state index in [0.29, 0.717) is 38.2 Å². The molecule has 0 spiro atoms. The third-order valence-corrected chi connectivity index (χ3v) is 10.3. The molecule has 1 aromatic carbocycles. The van der Waals surface area contributed by atoms with Crippen LogP contribution < -0.4 is 14.5 Å². The number of likely N-dealkylation sites (tertiary alicyclic amines) is 1. The quantitative estimate of drug-likeness (QED) is 0.435. The molecule has 42 heavy (non-hydrogen) atoms. The molecule has 0 radical (unpaired) electrons. The number of piperazine rings is 1. The van der Waals surface area contributed by atoms with E-state index in [1.165, 1.54) is 50.8 Å². The Bertz CT molecular complexity index is 1400. The van der Waals surface area contributed by atoms with Crippen molar-refractivity contribution in [1.29, 1.82) is 5.26 Å². The maximum absolute atomic E-state index is 13.8. The maximum atomic E-state index is 13.8. The maximum Gasteiger partial charge on any atom is 0.282 e. The number of fused-ring (bicyclic) bond motifs is 2. The number of thioether (sulfide) groups is 1. The van der Waals surface area contributed by atoms with Crippen molar-refractivity contribution in [3.63, 3.8) is 0 Å². The first-order valence-electron chi connectivity index (χ1n) is 15.1. The zero-order valence-electron chi connectivity index (χ0n) is 24.4. The van der Waals surface area contributed by atoms with Crippen molar-refractivity contribution in [2.24, 2.45) is 0 Å². The lowest BCUT2D eigenvalue weighted by Crippen LogP contribution is -2.55. The molecule has 0 bridgehead atoms. The highest BCUT2D eigenvalue weighted by atomic mass is 32.2. The smallest absolute Gasteiger partial charge is 0.282 e. The Morgan fingerprint density at radius 2 is 2.05 bits per heavy atom. The summed E-state index contributed by atoms with van der Waals surface area (Å²) in [4.78, 5) is 27.4. The molecule has 8 nitrogen and oxygen atoms in total. The number of ether oxygens (including phenoxy) is 1. The van der Waals surface area contributed by atoms with Crippen LogP contribution in [0.15, 0.2) is 41.6 Å². The lowest BCUT2D eigenvalue weighted by atomic mass is 9.97. The fraction of sp³-hybridized carbons (Fsp3) is 0.531. The minimum absolute atomic E-state index is 0.118. The van der Waals surface area contributed by atoms with Crippen LogP contribution in [0, 0.1) is 11.3 Å². The number of pyridine rings is 1. The van der Waals surface area contributed by atoms with Crippen molar-refractivity contribution >= 4 is 29.2 Å². The molecule has 2 atom stereocenters. The number of nitrogens with zero attached hydrogens (tertiary/aromatic N) is 6. The molecule has 222 valence electrons. The number of carbonyl (C=O) groups is 1. The van der Waals surface area contributed by atoms with Crippen LogP contribution in [0.3, 0.4) is 0 Å². The Balaban J connectivity index is 1.31. The van der Waals surface area contributed by atoms with Gasteiger partial charge in [0.05, 0.1) is 18.5 Å². The van der Waals surface area contributed by atoms with Crippen molar-refractivity contribution < 1.29 is 13.9 Å². The fourth-order valence-corrected chi connectivity index (χ4v) is 7.92. The predicted octanol–water partition coefficient (Wildman–Crippen LogP) is 4.57. The first-order chi connectivity index (χ1) is 20.4. The van der Waals surface area contributed by atoms with Crippen molar-refractivity contribution in [3.05, 3.63) is 53.4 Å². The van der Waals surface area contributed by atoms with E-state index in [0.717, 1.165) is 44.7 Å². The van der Waals surface area contributed by atoms with Crippen LogP contribution in [0.5, 0.6) is 5.88 Å². The summed E-state index contributed by atoms with van der Waals surface area (Å²) in [6, 6.07) is 10.9. The molecule has 0 saturated carbocycles. The highest BCUT2D eigenvalue weighted by Gasteiger charge is 2.35.